The molecule has 1 atom stereocenters. The number of nitrogens with two attached hydrogens (primary N) is 1. The third-order valence-electron chi connectivity index (χ3n) is 2.55. The molecule has 0 fully saturated rings. The van der Waals surface area contributed by atoms with E-state index in [1.807, 2.05) is 29.8 Å². The monoisotopic (exact) mass is 266 g/mol. The summed E-state index contributed by atoms with van der Waals surface area (Å²) in [4.78, 5) is 12.7. The van der Waals surface area contributed by atoms with Gasteiger partial charge in [0.15, 0.2) is 0 Å². The lowest BCUT2D eigenvalue weighted by molar-refractivity contribution is -0.122. The molecule has 17 heavy (non-hydrogen) atoms. The van der Waals surface area contributed by atoms with Crippen molar-refractivity contribution in [2.45, 2.75) is 19.5 Å². The predicted octanol–water partition coefficient (Wildman–Crippen LogP) is 2.43. The molecule has 2 aromatic heterocycles. The van der Waals surface area contributed by atoms with Gasteiger partial charge in [0, 0.05) is 11.4 Å². The van der Waals surface area contributed by atoms with Crippen molar-refractivity contribution >= 4 is 28.6 Å². The second-order valence-electron chi connectivity index (χ2n) is 3.79. The lowest BCUT2D eigenvalue weighted by Gasteiger charge is -2.10. The minimum Gasteiger partial charge on any atom is -0.350 e. The van der Waals surface area contributed by atoms with Crippen molar-refractivity contribution < 1.29 is 4.79 Å². The third-order valence-corrected chi connectivity index (χ3v) is 4.41. The Morgan fingerprint density at radius 2 is 2.35 bits per heavy atom. The van der Waals surface area contributed by atoms with Crippen molar-refractivity contribution in [3.63, 3.8) is 0 Å². The highest BCUT2D eigenvalue weighted by Crippen LogP contribution is 2.17. The van der Waals surface area contributed by atoms with Gasteiger partial charge in [-0.15, -0.1) is 11.3 Å². The molecule has 3 nitrogen and oxygen atoms in total. The lowest BCUT2D eigenvalue weighted by Crippen LogP contribution is -2.33. The fourth-order valence-corrected chi connectivity index (χ4v) is 3.04. The Bertz CT molecular complexity index is 490. The Labute approximate surface area is 108 Å². The molecule has 0 aliphatic rings. The molecule has 0 saturated carbocycles. The Kier molecular flexibility index (Phi) is 3.93. The zero-order chi connectivity index (χ0) is 12.3. The fourth-order valence-electron chi connectivity index (χ4n) is 1.46. The second-order valence-corrected chi connectivity index (χ2v) is 5.51. The highest BCUT2D eigenvalue weighted by atomic mass is 32.1. The Morgan fingerprint density at radius 3 is 2.94 bits per heavy atom. The summed E-state index contributed by atoms with van der Waals surface area (Å²) in [6.07, 6.45) is 0. The number of thiophene rings is 2. The van der Waals surface area contributed by atoms with Gasteiger partial charge in [0.05, 0.1) is 0 Å². The van der Waals surface area contributed by atoms with Gasteiger partial charge in [-0.05, 0) is 40.3 Å². The number of carbonyl (C=O) groups excluding carboxylic acids is 1. The number of rotatable bonds is 4. The standard InChI is InChI=1S/C12H14N2OS2/c1-8-6-16-7-9(8)5-14-12(15)11(13)10-3-2-4-17-10/h2-4,6-7,11H,5,13H2,1H3,(H,14,15). The summed E-state index contributed by atoms with van der Waals surface area (Å²) in [7, 11) is 0. The van der Waals surface area contributed by atoms with Crippen LogP contribution in [0.15, 0.2) is 28.3 Å². The van der Waals surface area contributed by atoms with Gasteiger partial charge in [-0.2, -0.15) is 11.3 Å². The molecular weight excluding hydrogens is 252 g/mol. The first-order valence-corrected chi connectivity index (χ1v) is 7.09. The van der Waals surface area contributed by atoms with Gasteiger partial charge in [-0.1, -0.05) is 6.07 Å². The smallest absolute Gasteiger partial charge is 0.242 e. The molecule has 0 spiro atoms. The summed E-state index contributed by atoms with van der Waals surface area (Å²) in [6, 6.07) is 3.22. The van der Waals surface area contributed by atoms with Gasteiger partial charge in [-0.3, -0.25) is 4.79 Å². The molecule has 3 N–H and O–H groups in total. The molecule has 1 amide bonds. The molecule has 0 saturated heterocycles. The number of aryl methyl sites for hydroxylation is 1. The number of nitrogens with one attached hydrogen (secondary N) is 1. The summed E-state index contributed by atoms with van der Waals surface area (Å²) < 4.78 is 0. The van der Waals surface area contributed by atoms with E-state index in [0.29, 0.717) is 6.54 Å². The van der Waals surface area contributed by atoms with Crippen LogP contribution in [0, 0.1) is 6.92 Å². The minimum atomic E-state index is -0.561. The Hall–Kier alpha value is -1.17. The van der Waals surface area contributed by atoms with Crippen molar-refractivity contribution in [1.29, 1.82) is 0 Å². The van der Waals surface area contributed by atoms with E-state index >= 15 is 0 Å². The molecule has 0 bridgehead atoms. The second kappa shape index (κ2) is 5.44. The molecule has 0 aromatic carbocycles. The van der Waals surface area contributed by atoms with Crippen LogP contribution in [0.2, 0.25) is 0 Å². The predicted molar refractivity (Wildman–Crippen MR) is 72.2 cm³/mol. The van der Waals surface area contributed by atoms with Crippen molar-refractivity contribution in [3.05, 3.63) is 44.3 Å². The van der Waals surface area contributed by atoms with Crippen LogP contribution in [-0.4, -0.2) is 5.91 Å². The van der Waals surface area contributed by atoms with E-state index in [2.05, 4.69) is 10.7 Å². The first-order chi connectivity index (χ1) is 8.18. The number of carbonyl (C=O) groups is 1. The molecule has 2 rings (SSSR count). The van der Waals surface area contributed by atoms with Crippen molar-refractivity contribution in [2.24, 2.45) is 5.73 Å². The average Bonchev–Trinajstić information content (AvgIpc) is 2.96. The van der Waals surface area contributed by atoms with E-state index in [1.54, 1.807) is 11.3 Å². The van der Waals surface area contributed by atoms with Gasteiger partial charge >= 0.3 is 0 Å². The van der Waals surface area contributed by atoms with Crippen LogP contribution in [-0.2, 0) is 11.3 Å². The summed E-state index contributed by atoms with van der Waals surface area (Å²) in [6.45, 7) is 2.59. The summed E-state index contributed by atoms with van der Waals surface area (Å²) >= 11 is 3.15. The Balaban J connectivity index is 1.92. The molecule has 0 aliphatic heterocycles. The van der Waals surface area contributed by atoms with Crippen LogP contribution >= 0.6 is 22.7 Å². The number of hydrogen-bond donors (Lipinski definition) is 2. The molecule has 0 aliphatic carbocycles. The molecule has 5 heteroatoms. The molecular formula is C12H14N2OS2. The fraction of sp³-hybridized carbons (Fsp3) is 0.250. The maximum absolute atomic E-state index is 11.8. The Morgan fingerprint density at radius 1 is 1.53 bits per heavy atom. The zero-order valence-corrected chi connectivity index (χ0v) is 11.1. The van der Waals surface area contributed by atoms with Crippen LogP contribution in [0.3, 0.4) is 0 Å². The van der Waals surface area contributed by atoms with E-state index in [1.165, 1.54) is 16.9 Å². The first-order valence-electron chi connectivity index (χ1n) is 5.27. The highest BCUT2D eigenvalue weighted by Gasteiger charge is 2.16. The molecule has 1 unspecified atom stereocenters. The SMILES string of the molecule is Cc1cscc1CNC(=O)C(N)c1cccs1. The van der Waals surface area contributed by atoms with Crippen LogP contribution in [0.25, 0.3) is 0 Å². The molecule has 0 radical (unpaired) electrons. The number of amides is 1. The topological polar surface area (TPSA) is 55.1 Å². The van der Waals surface area contributed by atoms with Gasteiger partial charge in [0.1, 0.15) is 6.04 Å². The maximum Gasteiger partial charge on any atom is 0.242 e. The molecule has 2 heterocycles. The molecule has 2 aromatic rings. The van der Waals surface area contributed by atoms with Crippen molar-refractivity contribution in [1.82, 2.24) is 5.32 Å². The third kappa shape index (κ3) is 2.94. The van der Waals surface area contributed by atoms with E-state index in [-0.39, 0.29) is 5.91 Å². The first kappa shape index (κ1) is 12.3. The van der Waals surface area contributed by atoms with Gasteiger partial charge in [-0.25, -0.2) is 0 Å². The normalized spacial score (nSPS) is 12.4. The maximum atomic E-state index is 11.8. The zero-order valence-electron chi connectivity index (χ0n) is 9.47. The number of hydrogen-bond acceptors (Lipinski definition) is 4. The van der Waals surface area contributed by atoms with E-state index in [4.69, 9.17) is 5.73 Å². The van der Waals surface area contributed by atoms with Crippen LogP contribution in [0.4, 0.5) is 0 Å². The van der Waals surface area contributed by atoms with Crippen LogP contribution < -0.4 is 11.1 Å². The highest BCUT2D eigenvalue weighted by molar-refractivity contribution is 7.10. The van der Waals surface area contributed by atoms with E-state index in [0.717, 1.165) is 10.4 Å². The van der Waals surface area contributed by atoms with Crippen molar-refractivity contribution in [2.75, 3.05) is 0 Å². The van der Waals surface area contributed by atoms with E-state index in [9.17, 15) is 4.79 Å². The minimum absolute atomic E-state index is 0.127. The van der Waals surface area contributed by atoms with Gasteiger partial charge in [0.25, 0.3) is 0 Å². The van der Waals surface area contributed by atoms with Crippen LogP contribution in [0.5, 0.6) is 0 Å². The quantitative estimate of drug-likeness (QED) is 0.893. The summed E-state index contributed by atoms with van der Waals surface area (Å²) in [5.74, 6) is -0.127. The lowest BCUT2D eigenvalue weighted by atomic mass is 10.2. The van der Waals surface area contributed by atoms with Crippen LogP contribution in [0.1, 0.15) is 22.0 Å². The largest absolute Gasteiger partial charge is 0.350 e. The molecule has 90 valence electrons. The average molecular weight is 266 g/mol. The van der Waals surface area contributed by atoms with Gasteiger partial charge in [0.2, 0.25) is 5.91 Å². The summed E-state index contributed by atoms with van der Waals surface area (Å²) in [5.41, 5.74) is 8.22. The van der Waals surface area contributed by atoms with Gasteiger partial charge < -0.3 is 11.1 Å². The van der Waals surface area contributed by atoms with E-state index < -0.39 is 6.04 Å². The van der Waals surface area contributed by atoms with Crippen molar-refractivity contribution in [3.8, 4) is 0 Å². The summed E-state index contributed by atoms with van der Waals surface area (Å²) in [5, 5.41) is 8.90.